The summed E-state index contributed by atoms with van der Waals surface area (Å²) < 4.78 is 84.7. The van der Waals surface area contributed by atoms with E-state index in [1.807, 2.05) is 50.2 Å². The van der Waals surface area contributed by atoms with Crippen molar-refractivity contribution in [2.75, 3.05) is 25.5 Å². The Morgan fingerprint density at radius 1 is 1.04 bits per heavy atom. The number of fused-ring (bicyclic) bond motifs is 3. The summed E-state index contributed by atoms with van der Waals surface area (Å²) in [5, 5.41) is 0.832. The highest BCUT2D eigenvalue weighted by atomic mass is 32.2. The fourth-order valence-electron chi connectivity index (χ4n) is 7.05. The minimum absolute atomic E-state index is 0.0606. The third-order valence-electron chi connectivity index (χ3n) is 9.33. The van der Waals surface area contributed by atoms with Crippen molar-refractivity contribution in [3.63, 3.8) is 0 Å². The Kier molecular flexibility index (Phi) is 9.90. The molecule has 1 aliphatic carbocycles. The van der Waals surface area contributed by atoms with Crippen molar-refractivity contribution in [1.29, 1.82) is 0 Å². The predicted molar refractivity (Wildman–Crippen MR) is 190 cm³/mol. The Labute approximate surface area is 290 Å². The van der Waals surface area contributed by atoms with Gasteiger partial charge in [0.05, 0.1) is 47.3 Å². The molecule has 0 bridgehead atoms. The second kappa shape index (κ2) is 13.5. The van der Waals surface area contributed by atoms with Gasteiger partial charge in [-0.2, -0.15) is 13.0 Å². The maximum atomic E-state index is 12.7. The van der Waals surface area contributed by atoms with E-state index in [0.29, 0.717) is 44.4 Å². The fraction of sp³-hybridized carbons (Fsp3) is 0.441. The van der Waals surface area contributed by atoms with Gasteiger partial charge in [-0.15, -0.1) is 0 Å². The summed E-state index contributed by atoms with van der Waals surface area (Å²) in [6.07, 6.45) is 6.50. The number of allylic oxidation sites excluding steroid dienone is 4. The molecule has 3 atom stereocenters. The number of hydrogen-bond acceptors (Lipinski definition) is 9. The highest BCUT2D eigenvalue weighted by Crippen LogP contribution is 2.59. The lowest BCUT2D eigenvalue weighted by Crippen LogP contribution is -2.66. The maximum absolute atomic E-state index is 12.7. The molecule has 10 nitrogen and oxygen atoms in total. The van der Waals surface area contributed by atoms with Gasteiger partial charge in [0.2, 0.25) is 10.9 Å². The lowest BCUT2D eigenvalue weighted by molar-refractivity contribution is -0.668. The van der Waals surface area contributed by atoms with E-state index in [9.17, 15) is 25.9 Å². The van der Waals surface area contributed by atoms with Crippen molar-refractivity contribution in [3.8, 4) is 11.5 Å². The van der Waals surface area contributed by atoms with Crippen LogP contribution in [0.15, 0.2) is 69.1 Å². The Hall–Kier alpha value is -2.72. The average Bonchev–Trinajstić information content (AvgIpc) is 3.49. The molecule has 258 valence electrons. The van der Waals surface area contributed by atoms with Crippen LogP contribution in [0.4, 0.5) is 5.69 Å². The second-order valence-corrected chi connectivity index (χ2v) is 17.8. The number of rotatable bonds is 11. The average molecular weight is 734 g/mol. The number of nitrogens with zero attached hydrogens (tertiary/aromatic N) is 2. The number of aryl methyl sites for hydroxylation is 1. The highest BCUT2D eigenvalue weighted by molar-refractivity contribution is 8.03. The summed E-state index contributed by atoms with van der Waals surface area (Å²) in [5.74, 6) is 1.26. The zero-order valence-electron chi connectivity index (χ0n) is 27.5. The summed E-state index contributed by atoms with van der Waals surface area (Å²) in [5.41, 5.74) is 5.11. The lowest BCUT2D eigenvalue weighted by atomic mass is 9.81. The molecule has 1 N–H and O–H groups in total. The maximum Gasteiger partial charge on any atom is 0.320 e. The van der Waals surface area contributed by atoms with Gasteiger partial charge < -0.3 is 14.0 Å². The number of thiazole rings is 1. The van der Waals surface area contributed by atoms with Crippen molar-refractivity contribution in [1.82, 2.24) is 4.48 Å². The standard InChI is InChI=1S/C34H40N2O8S4/c1-5-43-26-8-10-30-28(20-26)35(13-7-15-47(37,38)39)32(45-30)18-24-16-22(3)17-25(23(24)4)19-33-36(14-12-34(36)48(40,41)42)29-21-27(44-6-2)9-11-31(29)46-33/h8-11,18-22,34H,5-7,12-17H2,1-4H3/p+1. The number of benzene rings is 2. The van der Waals surface area contributed by atoms with Crippen LogP contribution >= 0.6 is 23.1 Å². The molecule has 1 fully saturated rings. The quantitative estimate of drug-likeness (QED) is 0.131. The van der Waals surface area contributed by atoms with Gasteiger partial charge in [-0.25, -0.2) is 12.9 Å². The molecule has 1 spiro atoms. The topological polar surface area (TPSA) is 134 Å². The van der Waals surface area contributed by atoms with E-state index in [2.05, 4.69) is 30.6 Å². The van der Waals surface area contributed by atoms with Crippen LogP contribution in [-0.4, -0.2) is 56.8 Å². The van der Waals surface area contributed by atoms with Crippen LogP contribution in [0.5, 0.6) is 11.5 Å². The zero-order chi connectivity index (χ0) is 34.4. The Bertz CT molecular complexity index is 2070. The van der Waals surface area contributed by atoms with Crippen LogP contribution in [0.25, 0.3) is 16.3 Å². The van der Waals surface area contributed by atoms with E-state index in [4.69, 9.17) is 9.47 Å². The van der Waals surface area contributed by atoms with Crippen LogP contribution in [0.1, 0.15) is 58.4 Å². The van der Waals surface area contributed by atoms with Crippen molar-refractivity contribution in [2.45, 2.75) is 70.2 Å². The molecule has 2 aliphatic heterocycles. The van der Waals surface area contributed by atoms with Gasteiger partial charge in [-0.05, 0) is 92.3 Å². The van der Waals surface area contributed by atoms with Crippen molar-refractivity contribution < 1.29 is 40.0 Å². The first-order valence-electron chi connectivity index (χ1n) is 16.2. The zero-order valence-corrected chi connectivity index (χ0v) is 30.7. The third kappa shape index (κ3) is 6.85. The van der Waals surface area contributed by atoms with E-state index in [1.54, 1.807) is 23.1 Å². The number of aromatic nitrogens is 1. The molecule has 48 heavy (non-hydrogen) atoms. The van der Waals surface area contributed by atoms with Gasteiger partial charge >= 0.3 is 10.1 Å². The molecule has 14 heteroatoms. The van der Waals surface area contributed by atoms with Crippen LogP contribution in [0.3, 0.4) is 0 Å². The van der Waals surface area contributed by atoms with E-state index in [0.717, 1.165) is 66.1 Å². The van der Waals surface area contributed by atoms with Gasteiger partial charge in [0, 0.05) is 30.4 Å². The largest absolute Gasteiger partial charge is 0.748 e. The first-order valence-corrected chi connectivity index (χ1v) is 20.9. The minimum atomic E-state index is -4.35. The molecule has 3 aromatic rings. The molecular formula is C34H41N2O8S4+. The van der Waals surface area contributed by atoms with Crippen LogP contribution in [0.2, 0.25) is 0 Å². The first-order chi connectivity index (χ1) is 22.7. The molecule has 0 amide bonds. The first kappa shape index (κ1) is 35.1. The monoisotopic (exact) mass is 733 g/mol. The summed E-state index contributed by atoms with van der Waals surface area (Å²) in [6, 6.07) is 11.7. The number of ether oxygens (including phenoxy) is 2. The lowest BCUT2D eigenvalue weighted by Gasteiger charge is -2.47. The van der Waals surface area contributed by atoms with E-state index >= 15 is 0 Å². The summed E-state index contributed by atoms with van der Waals surface area (Å²) in [6.45, 7) is 10.0. The predicted octanol–water partition coefficient (Wildman–Crippen LogP) is 6.62. The van der Waals surface area contributed by atoms with Gasteiger partial charge in [0.1, 0.15) is 16.2 Å². The van der Waals surface area contributed by atoms with Crippen LogP contribution < -0.4 is 18.5 Å². The fourth-order valence-corrected chi connectivity index (χ4v) is 11.3. The SMILES string of the molecule is CCOc1ccc2c(c1)[N+]1(CCC1S(=O)(=O)O)C(=CC1=C(C)C(=Cc3sc4ccc(OCC)cc4[n+]3CCCS(=O)(=O)[O-])CC(C)C1)S2. The van der Waals surface area contributed by atoms with Gasteiger partial charge in [-0.3, -0.25) is 4.55 Å². The second-order valence-electron chi connectivity index (χ2n) is 12.6. The molecular weight excluding hydrogens is 693 g/mol. The van der Waals surface area contributed by atoms with E-state index in [-0.39, 0.29) is 10.9 Å². The summed E-state index contributed by atoms with van der Waals surface area (Å²) in [7, 11) is -8.68. The third-order valence-corrected chi connectivity index (χ3v) is 13.7. The van der Waals surface area contributed by atoms with Gasteiger partial charge in [-0.1, -0.05) is 18.3 Å². The highest BCUT2D eigenvalue weighted by Gasteiger charge is 2.62. The molecule has 2 aromatic carbocycles. The summed E-state index contributed by atoms with van der Waals surface area (Å²) >= 11 is 3.15. The molecule has 6 rings (SSSR count). The van der Waals surface area contributed by atoms with Crippen molar-refractivity contribution >= 4 is 65.3 Å². The number of thioether (sulfide) groups is 1. The Balaban J connectivity index is 1.44. The van der Waals surface area contributed by atoms with E-state index in [1.165, 1.54) is 0 Å². The van der Waals surface area contributed by atoms with Crippen molar-refractivity contribution in [3.05, 3.63) is 69.2 Å². The smallest absolute Gasteiger partial charge is 0.320 e. The van der Waals surface area contributed by atoms with Gasteiger partial charge in [0.25, 0.3) is 5.01 Å². The van der Waals surface area contributed by atoms with E-state index < -0.39 is 31.4 Å². The van der Waals surface area contributed by atoms with Gasteiger partial charge in [0.15, 0.2) is 17.3 Å². The molecule has 3 heterocycles. The Morgan fingerprint density at radius 3 is 2.40 bits per heavy atom. The molecule has 0 radical (unpaired) electrons. The normalized spacial score (nSPS) is 24.5. The molecule has 0 saturated carbocycles. The van der Waals surface area contributed by atoms with Crippen LogP contribution in [0, 0.1) is 5.92 Å². The molecule has 3 unspecified atom stereocenters. The number of quaternary nitrogens is 1. The number of hydrogen-bond donors (Lipinski definition) is 1. The van der Waals surface area contributed by atoms with Crippen LogP contribution in [-0.2, 0) is 26.8 Å². The molecule has 1 aromatic heterocycles. The van der Waals surface area contributed by atoms with Crippen molar-refractivity contribution in [2.24, 2.45) is 5.92 Å². The minimum Gasteiger partial charge on any atom is -0.748 e. The molecule has 1 saturated heterocycles. The summed E-state index contributed by atoms with van der Waals surface area (Å²) in [4.78, 5) is 0.953. The molecule has 3 aliphatic rings. The Morgan fingerprint density at radius 2 is 1.75 bits per heavy atom.